The molecule has 148 valence electrons. The number of carbonyl (C=O) groups excluding carboxylic acids is 1. The minimum Gasteiger partial charge on any atom is -0.422 e. The van der Waals surface area contributed by atoms with E-state index in [0.717, 1.165) is 0 Å². The molecular weight excluding hydrogens is 343 g/mol. The van der Waals surface area contributed by atoms with Gasteiger partial charge in [0, 0.05) is 17.4 Å². The summed E-state index contributed by atoms with van der Waals surface area (Å²) in [5.41, 5.74) is -1.01. The predicted octanol–water partition coefficient (Wildman–Crippen LogP) is 0.700. The lowest BCUT2D eigenvalue weighted by Gasteiger charge is -2.29. The van der Waals surface area contributed by atoms with E-state index in [9.17, 15) is 19.4 Å². The fourth-order valence-electron chi connectivity index (χ4n) is 2.69. The highest BCUT2D eigenvalue weighted by atomic mass is 19.1. The monoisotopic (exact) mass is 372 g/mol. The van der Waals surface area contributed by atoms with Gasteiger partial charge in [-0.1, -0.05) is 20.8 Å². The molecule has 0 aliphatic carbocycles. The van der Waals surface area contributed by atoms with Gasteiger partial charge >= 0.3 is 0 Å². The van der Waals surface area contributed by atoms with E-state index in [4.69, 9.17) is 4.42 Å². The maximum absolute atomic E-state index is 14.0. The molecule has 3 N–H and O–H groups in total. The summed E-state index contributed by atoms with van der Waals surface area (Å²) in [7, 11) is 0. The number of halogens is 1. The highest BCUT2D eigenvalue weighted by molar-refractivity contribution is 5.79. The average Bonchev–Trinajstić information content (AvgIpc) is 3.18. The molecule has 1 amide bonds. The van der Waals surface area contributed by atoms with Gasteiger partial charge in [-0.3, -0.25) is 4.79 Å². The Bertz CT molecular complexity index is 629. The predicted molar refractivity (Wildman–Crippen MR) is 92.1 cm³/mol. The number of amides is 1. The number of hydrogen-bond donors (Lipinski definition) is 3. The van der Waals surface area contributed by atoms with Crippen LogP contribution in [0, 0.1) is 0 Å². The van der Waals surface area contributed by atoms with Gasteiger partial charge in [-0.2, -0.15) is 0 Å². The third kappa shape index (κ3) is 4.77. The molecule has 1 aromatic rings. The molecule has 0 spiro atoms. The van der Waals surface area contributed by atoms with Crippen molar-refractivity contribution in [1.82, 2.24) is 20.4 Å². The van der Waals surface area contributed by atoms with Crippen molar-refractivity contribution in [3.05, 3.63) is 11.8 Å². The molecule has 8 nitrogen and oxygen atoms in total. The highest BCUT2D eigenvalue weighted by Gasteiger charge is 2.42. The zero-order valence-corrected chi connectivity index (χ0v) is 16.0. The summed E-state index contributed by atoms with van der Waals surface area (Å²) < 4.78 is 19.5. The second-order valence-electron chi connectivity index (χ2n) is 8.48. The van der Waals surface area contributed by atoms with Gasteiger partial charge < -0.3 is 24.8 Å². The van der Waals surface area contributed by atoms with E-state index in [1.165, 1.54) is 4.90 Å². The summed E-state index contributed by atoms with van der Waals surface area (Å²) in [6.45, 7) is 8.89. The van der Waals surface area contributed by atoms with Crippen LogP contribution in [0.3, 0.4) is 0 Å². The first-order valence-corrected chi connectivity index (χ1v) is 8.76. The Kier molecular flexibility index (Phi) is 6.04. The van der Waals surface area contributed by atoms with Gasteiger partial charge in [0.15, 0.2) is 6.10 Å². The van der Waals surface area contributed by atoms with Crippen LogP contribution in [0.5, 0.6) is 0 Å². The summed E-state index contributed by atoms with van der Waals surface area (Å²) in [6, 6.07) is -0.773. The van der Waals surface area contributed by atoms with E-state index in [0.29, 0.717) is 5.89 Å². The van der Waals surface area contributed by atoms with Crippen LogP contribution in [-0.4, -0.2) is 68.7 Å². The van der Waals surface area contributed by atoms with Gasteiger partial charge in [0.05, 0.1) is 25.7 Å². The molecule has 0 radical (unpaired) electrons. The Morgan fingerprint density at radius 3 is 2.58 bits per heavy atom. The van der Waals surface area contributed by atoms with Crippen LogP contribution in [0.25, 0.3) is 0 Å². The van der Waals surface area contributed by atoms with E-state index < -0.39 is 23.9 Å². The van der Waals surface area contributed by atoms with Crippen molar-refractivity contribution >= 4 is 5.91 Å². The molecule has 1 aliphatic rings. The SMILES string of the molecule is CC(C)(CO)NCC(=O)N1C[C@@H](F)C[C@H]1[C@@H](O)c1nnc(C(C)(C)C)o1. The number of aliphatic hydroxyl groups is 2. The fraction of sp³-hybridized carbons (Fsp3) is 0.824. The van der Waals surface area contributed by atoms with Crippen molar-refractivity contribution in [3.63, 3.8) is 0 Å². The smallest absolute Gasteiger partial charge is 0.247 e. The molecule has 1 aliphatic heterocycles. The first-order chi connectivity index (χ1) is 11.9. The molecule has 9 heteroatoms. The van der Waals surface area contributed by atoms with Gasteiger partial charge in [0.1, 0.15) is 6.17 Å². The molecule has 0 bridgehead atoms. The van der Waals surface area contributed by atoms with Crippen LogP contribution < -0.4 is 5.32 Å². The average molecular weight is 372 g/mol. The van der Waals surface area contributed by atoms with Crippen LogP contribution in [0.1, 0.15) is 58.9 Å². The normalized spacial score (nSPS) is 22.7. The molecule has 0 saturated carbocycles. The minimum atomic E-state index is -1.26. The van der Waals surface area contributed by atoms with Crippen LogP contribution in [0.2, 0.25) is 0 Å². The molecule has 0 aromatic carbocycles. The zero-order chi connectivity index (χ0) is 19.7. The van der Waals surface area contributed by atoms with E-state index >= 15 is 0 Å². The first kappa shape index (κ1) is 20.7. The molecule has 26 heavy (non-hydrogen) atoms. The van der Waals surface area contributed by atoms with Crippen LogP contribution >= 0.6 is 0 Å². The largest absolute Gasteiger partial charge is 0.422 e. The van der Waals surface area contributed by atoms with Crippen molar-refractivity contribution in [2.45, 2.75) is 70.3 Å². The number of aliphatic hydroxyl groups excluding tert-OH is 2. The van der Waals surface area contributed by atoms with E-state index in [1.807, 2.05) is 20.8 Å². The van der Waals surface area contributed by atoms with Crippen molar-refractivity contribution in [1.29, 1.82) is 0 Å². The van der Waals surface area contributed by atoms with E-state index in [-0.39, 0.29) is 43.3 Å². The number of carbonyl (C=O) groups is 1. The summed E-state index contributed by atoms with van der Waals surface area (Å²) >= 11 is 0. The second kappa shape index (κ2) is 7.58. The molecule has 1 saturated heterocycles. The maximum Gasteiger partial charge on any atom is 0.247 e. The van der Waals surface area contributed by atoms with Crippen LogP contribution in [0.4, 0.5) is 4.39 Å². The third-order valence-corrected chi connectivity index (χ3v) is 4.43. The summed E-state index contributed by atoms with van der Waals surface area (Å²) in [4.78, 5) is 13.8. The third-order valence-electron chi connectivity index (χ3n) is 4.43. The Morgan fingerprint density at radius 2 is 2.04 bits per heavy atom. The lowest BCUT2D eigenvalue weighted by atomic mass is 9.97. The number of nitrogens with one attached hydrogen (secondary N) is 1. The number of alkyl halides is 1. The molecule has 1 fully saturated rings. The Morgan fingerprint density at radius 1 is 1.38 bits per heavy atom. The van der Waals surface area contributed by atoms with Gasteiger partial charge in [-0.05, 0) is 13.8 Å². The number of rotatable bonds is 6. The Balaban J connectivity index is 2.10. The standard InChI is InChI=1S/C17H29FN4O4/c1-16(2,3)15-21-20-14(26-15)13(25)11-6-10(18)8-22(11)12(24)7-19-17(4,5)9-23/h10-11,13,19,23,25H,6-9H2,1-5H3/t10-,11-,13+/m0/s1. The van der Waals surface area contributed by atoms with Gasteiger partial charge in [0.25, 0.3) is 0 Å². The maximum atomic E-state index is 14.0. The molecular formula is C17H29FN4O4. The lowest BCUT2D eigenvalue weighted by molar-refractivity contribution is -0.134. The highest BCUT2D eigenvalue weighted by Crippen LogP contribution is 2.32. The summed E-state index contributed by atoms with van der Waals surface area (Å²) in [5, 5.41) is 30.6. The number of hydrogen-bond acceptors (Lipinski definition) is 7. The van der Waals surface area contributed by atoms with Crippen LogP contribution in [-0.2, 0) is 10.2 Å². The zero-order valence-electron chi connectivity index (χ0n) is 16.0. The van der Waals surface area contributed by atoms with E-state index in [1.54, 1.807) is 13.8 Å². The summed E-state index contributed by atoms with van der Waals surface area (Å²) in [5.74, 6) is -0.00709. The molecule has 2 rings (SSSR count). The molecule has 3 atom stereocenters. The Labute approximate surface area is 152 Å². The number of nitrogens with zero attached hydrogens (tertiary/aromatic N) is 3. The summed E-state index contributed by atoms with van der Waals surface area (Å²) in [6.07, 6.45) is -2.48. The van der Waals surface area contributed by atoms with Gasteiger partial charge in [-0.25, -0.2) is 4.39 Å². The topological polar surface area (TPSA) is 112 Å². The quantitative estimate of drug-likeness (QED) is 0.674. The number of likely N-dealkylation sites (tertiary alicyclic amines) is 1. The minimum absolute atomic E-state index is 0.00350. The molecule has 0 unspecified atom stereocenters. The van der Waals surface area contributed by atoms with E-state index in [2.05, 4.69) is 15.5 Å². The van der Waals surface area contributed by atoms with Crippen molar-refractivity contribution in [2.24, 2.45) is 0 Å². The van der Waals surface area contributed by atoms with Gasteiger partial charge in [0.2, 0.25) is 17.7 Å². The molecule has 1 aromatic heterocycles. The number of aromatic nitrogens is 2. The molecule has 2 heterocycles. The van der Waals surface area contributed by atoms with Crippen LogP contribution in [0.15, 0.2) is 4.42 Å². The first-order valence-electron chi connectivity index (χ1n) is 8.76. The lowest BCUT2D eigenvalue weighted by Crippen LogP contribution is -2.50. The fourth-order valence-corrected chi connectivity index (χ4v) is 2.69. The van der Waals surface area contributed by atoms with Gasteiger partial charge in [-0.15, -0.1) is 10.2 Å². The van der Waals surface area contributed by atoms with Crippen molar-refractivity contribution in [2.75, 3.05) is 19.7 Å². The van der Waals surface area contributed by atoms with Crippen molar-refractivity contribution < 1.29 is 23.8 Å². The van der Waals surface area contributed by atoms with Crippen molar-refractivity contribution in [3.8, 4) is 0 Å². The Hall–Kier alpha value is -1.58. The second-order valence-corrected chi connectivity index (χ2v) is 8.48.